The predicted octanol–water partition coefficient (Wildman–Crippen LogP) is 5.20. The normalized spacial score (nSPS) is 14.4. The lowest BCUT2D eigenvalue weighted by Gasteiger charge is -2.25. The van der Waals surface area contributed by atoms with Crippen molar-refractivity contribution in [2.24, 2.45) is 5.92 Å². The third-order valence-corrected chi connectivity index (χ3v) is 4.61. The van der Waals surface area contributed by atoms with Crippen molar-refractivity contribution in [1.82, 2.24) is 10.3 Å². The molecule has 2 unspecified atom stereocenters. The zero-order valence-electron chi connectivity index (χ0n) is 13.7. The van der Waals surface area contributed by atoms with Gasteiger partial charge in [-0.1, -0.05) is 44.2 Å². The first-order chi connectivity index (χ1) is 9.97. The highest BCUT2D eigenvalue weighted by molar-refractivity contribution is 7.11. The highest BCUT2D eigenvalue weighted by atomic mass is 32.1. The number of hydrogen-bond acceptors (Lipinski definition) is 3. The minimum atomic E-state index is 0.277. The maximum absolute atomic E-state index is 4.69. The SMILES string of the molecule is Cc1nc(C(C)NC(CC(C)C)c2ccccc2)c(C)s1. The summed E-state index contributed by atoms with van der Waals surface area (Å²) in [6.07, 6.45) is 1.14. The topological polar surface area (TPSA) is 24.9 Å². The summed E-state index contributed by atoms with van der Waals surface area (Å²) in [6, 6.07) is 11.4. The second-order valence-corrected chi connectivity index (χ2v) is 7.56. The number of nitrogens with zero attached hydrogens (tertiary/aromatic N) is 1. The number of hydrogen-bond donors (Lipinski definition) is 1. The van der Waals surface area contributed by atoms with E-state index in [1.807, 2.05) is 0 Å². The van der Waals surface area contributed by atoms with Gasteiger partial charge in [0.2, 0.25) is 0 Å². The molecule has 2 atom stereocenters. The molecule has 1 aromatic carbocycles. The summed E-state index contributed by atoms with van der Waals surface area (Å²) < 4.78 is 0. The van der Waals surface area contributed by atoms with Crippen molar-refractivity contribution in [2.45, 2.75) is 53.1 Å². The Kier molecular flexibility index (Phi) is 5.54. The third kappa shape index (κ3) is 4.39. The van der Waals surface area contributed by atoms with Gasteiger partial charge in [0.15, 0.2) is 0 Å². The van der Waals surface area contributed by atoms with Gasteiger partial charge in [0.1, 0.15) is 0 Å². The van der Waals surface area contributed by atoms with Crippen LogP contribution in [-0.2, 0) is 0 Å². The molecule has 0 aliphatic rings. The Labute approximate surface area is 132 Å². The maximum atomic E-state index is 4.69. The smallest absolute Gasteiger partial charge is 0.0900 e. The van der Waals surface area contributed by atoms with Gasteiger partial charge in [-0.25, -0.2) is 4.98 Å². The van der Waals surface area contributed by atoms with E-state index < -0.39 is 0 Å². The van der Waals surface area contributed by atoms with E-state index in [0.29, 0.717) is 12.0 Å². The summed E-state index contributed by atoms with van der Waals surface area (Å²) in [5.41, 5.74) is 2.56. The molecule has 0 saturated heterocycles. The summed E-state index contributed by atoms with van der Waals surface area (Å²) in [4.78, 5) is 6.02. The van der Waals surface area contributed by atoms with Crippen LogP contribution in [0.25, 0.3) is 0 Å². The van der Waals surface area contributed by atoms with Crippen LogP contribution in [0.1, 0.15) is 60.4 Å². The van der Waals surface area contributed by atoms with Gasteiger partial charge in [-0.05, 0) is 38.7 Å². The molecule has 0 fully saturated rings. The minimum Gasteiger partial charge on any atom is -0.302 e. The second-order valence-electron chi connectivity index (χ2n) is 6.16. The molecule has 1 aromatic heterocycles. The fourth-order valence-electron chi connectivity index (χ4n) is 2.78. The third-order valence-electron chi connectivity index (χ3n) is 3.71. The van der Waals surface area contributed by atoms with Gasteiger partial charge in [-0.15, -0.1) is 11.3 Å². The van der Waals surface area contributed by atoms with Crippen LogP contribution in [0.5, 0.6) is 0 Å². The molecule has 2 nitrogen and oxygen atoms in total. The van der Waals surface area contributed by atoms with Crippen molar-refractivity contribution in [2.75, 3.05) is 0 Å². The van der Waals surface area contributed by atoms with Gasteiger partial charge in [-0.2, -0.15) is 0 Å². The largest absolute Gasteiger partial charge is 0.302 e. The predicted molar refractivity (Wildman–Crippen MR) is 91.8 cm³/mol. The molecule has 0 aliphatic carbocycles. The summed E-state index contributed by atoms with van der Waals surface area (Å²) in [6.45, 7) is 11.0. The van der Waals surface area contributed by atoms with E-state index in [2.05, 4.69) is 70.3 Å². The molecule has 0 saturated carbocycles. The number of benzene rings is 1. The molecule has 3 heteroatoms. The molecular weight excluding hydrogens is 276 g/mol. The molecule has 0 aliphatic heterocycles. The molecule has 114 valence electrons. The van der Waals surface area contributed by atoms with Crippen molar-refractivity contribution in [3.63, 3.8) is 0 Å². The van der Waals surface area contributed by atoms with Crippen molar-refractivity contribution < 1.29 is 0 Å². The molecule has 1 N–H and O–H groups in total. The van der Waals surface area contributed by atoms with E-state index in [4.69, 9.17) is 4.98 Å². The van der Waals surface area contributed by atoms with E-state index >= 15 is 0 Å². The monoisotopic (exact) mass is 302 g/mol. The van der Waals surface area contributed by atoms with Crippen LogP contribution in [0.15, 0.2) is 30.3 Å². The Morgan fingerprint density at radius 1 is 1.10 bits per heavy atom. The first-order valence-corrected chi connectivity index (χ1v) is 8.54. The molecule has 2 rings (SSSR count). The van der Waals surface area contributed by atoms with Crippen molar-refractivity contribution in [3.8, 4) is 0 Å². The molecule has 0 spiro atoms. The van der Waals surface area contributed by atoms with Crippen LogP contribution >= 0.6 is 11.3 Å². The maximum Gasteiger partial charge on any atom is 0.0900 e. The van der Waals surface area contributed by atoms with Gasteiger partial charge < -0.3 is 5.32 Å². The van der Waals surface area contributed by atoms with Crippen LogP contribution in [0.4, 0.5) is 0 Å². The fourth-order valence-corrected chi connectivity index (χ4v) is 3.70. The van der Waals surface area contributed by atoms with Gasteiger partial charge in [0.05, 0.1) is 10.7 Å². The van der Waals surface area contributed by atoms with Crippen molar-refractivity contribution in [1.29, 1.82) is 0 Å². The number of aryl methyl sites for hydroxylation is 2. The summed E-state index contributed by atoms with van der Waals surface area (Å²) >= 11 is 1.78. The average molecular weight is 302 g/mol. The van der Waals surface area contributed by atoms with E-state index in [1.165, 1.54) is 16.1 Å². The Balaban J connectivity index is 2.17. The second kappa shape index (κ2) is 7.19. The molecule has 21 heavy (non-hydrogen) atoms. The highest BCUT2D eigenvalue weighted by Gasteiger charge is 2.19. The van der Waals surface area contributed by atoms with Gasteiger partial charge in [0, 0.05) is 17.0 Å². The fraction of sp³-hybridized carbons (Fsp3) is 0.500. The lowest BCUT2D eigenvalue weighted by molar-refractivity contribution is 0.390. The molecule has 0 bridgehead atoms. The summed E-state index contributed by atoms with van der Waals surface area (Å²) in [7, 11) is 0. The average Bonchev–Trinajstić information content (AvgIpc) is 2.77. The summed E-state index contributed by atoms with van der Waals surface area (Å²) in [5, 5.41) is 4.93. The molecular formula is C18H26N2S. The Morgan fingerprint density at radius 3 is 2.29 bits per heavy atom. The zero-order chi connectivity index (χ0) is 15.4. The minimum absolute atomic E-state index is 0.277. The van der Waals surface area contributed by atoms with Crippen LogP contribution in [0.3, 0.4) is 0 Å². The van der Waals surface area contributed by atoms with Crippen molar-refractivity contribution in [3.05, 3.63) is 51.5 Å². The molecule has 0 amide bonds. The standard InChI is InChI=1S/C18H26N2S/c1-12(2)11-17(16-9-7-6-8-10-16)19-13(3)18-14(4)21-15(5)20-18/h6-10,12-13,17,19H,11H2,1-5H3. The van der Waals surface area contributed by atoms with Gasteiger partial charge in [-0.3, -0.25) is 0 Å². The van der Waals surface area contributed by atoms with E-state index in [1.54, 1.807) is 11.3 Å². The van der Waals surface area contributed by atoms with Crippen molar-refractivity contribution >= 4 is 11.3 Å². The quantitative estimate of drug-likeness (QED) is 0.793. The Bertz CT molecular complexity index is 560. The molecule has 1 heterocycles. The first-order valence-electron chi connectivity index (χ1n) is 7.72. The highest BCUT2D eigenvalue weighted by Crippen LogP contribution is 2.28. The van der Waals surface area contributed by atoms with E-state index in [9.17, 15) is 0 Å². The van der Waals surface area contributed by atoms with E-state index in [-0.39, 0.29) is 6.04 Å². The van der Waals surface area contributed by atoms with Crippen LogP contribution in [-0.4, -0.2) is 4.98 Å². The van der Waals surface area contributed by atoms with Crippen LogP contribution in [0, 0.1) is 19.8 Å². The van der Waals surface area contributed by atoms with Crippen LogP contribution in [0.2, 0.25) is 0 Å². The summed E-state index contributed by atoms with van der Waals surface area (Å²) in [5.74, 6) is 0.660. The number of rotatable bonds is 6. The number of aromatic nitrogens is 1. The lowest BCUT2D eigenvalue weighted by Crippen LogP contribution is -2.26. The molecule has 0 radical (unpaired) electrons. The van der Waals surface area contributed by atoms with Gasteiger partial charge >= 0.3 is 0 Å². The van der Waals surface area contributed by atoms with E-state index in [0.717, 1.165) is 11.4 Å². The Hall–Kier alpha value is -1.19. The lowest BCUT2D eigenvalue weighted by atomic mass is 9.96. The first kappa shape index (κ1) is 16.2. The Morgan fingerprint density at radius 2 is 1.76 bits per heavy atom. The van der Waals surface area contributed by atoms with Gasteiger partial charge in [0.25, 0.3) is 0 Å². The number of nitrogens with one attached hydrogen (secondary N) is 1. The molecule has 2 aromatic rings. The zero-order valence-corrected chi connectivity index (χ0v) is 14.5. The number of thiazole rings is 1. The van der Waals surface area contributed by atoms with Crippen LogP contribution < -0.4 is 5.32 Å².